The Morgan fingerprint density at radius 2 is 0.911 bits per heavy atom. The van der Waals surface area contributed by atoms with Crippen LogP contribution >= 0.6 is 7.82 Å². The summed E-state index contributed by atoms with van der Waals surface area (Å²) in [5.41, 5.74) is 0. The summed E-state index contributed by atoms with van der Waals surface area (Å²) in [5, 5.41) is 0. The van der Waals surface area contributed by atoms with Crippen LogP contribution in [0.15, 0.2) is 24.3 Å². The molecule has 330 valence electrons. The number of esters is 2. The summed E-state index contributed by atoms with van der Waals surface area (Å²) in [6, 6.07) is 0. The van der Waals surface area contributed by atoms with E-state index in [0.717, 1.165) is 44.9 Å². The molecule has 0 spiro atoms. The van der Waals surface area contributed by atoms with Crippen molar-refractivity contribution in [2.45, 2.75) is 213 Å². The van der Waals surface area contributed by atoms with Gasteiger partial charge in [-0.25, -0.2) is 4.57 Å². The first-order valence-corrected chi connectivity index (χ1v) is 24.6. The Hall–Kier alpha value is -1.51. The number of likely N-dealkylation sites (N-methyl/N-ethyl adjacent to an activating group) is 1. The predicted molar refractivity (Wildman–Crippen MR) is 234 cm³/mol. The molecule has 0 aromatic heterocycles. The Morgan fingerprint density at radius 1 is 0.536 bits per heavy atom. The van der Waals surface area contributed by atoms with Crippen molar-refractivity contribution in [1.82, 2.24) is 0 Å². The maximum atomic E-state index is 12.7. The third-order valence-corrected chi connectivity index (χ3v) is 10.9. The van der Waals surface area contributed by atoms with E-state index in [9.17, 15) is 19.0 Å². The van der Waals surface area contributed by atoms with Crippen molar-refractivity contribution < 1.29 is 42.1 Å². The molecule has 9 nitrogen and oxygen atoms in total. The molecule has 0 bridgehead atoms. The van der Waals surface area contributed by atoms with Crippen LogP contribution in [0.3, 0.4) is 0 Å². The molecule has 0 aliphatic rings. The third-order valence-electron chi connectivity index (χ3n) is 9.95. The molecule has 0 rings (SSSR count). The summed E-state index contributed by atoms with van der Waals surface area (Å²) < 4.78 is 34.3. The molecule has 0 aromatic carbocycles. The maximum absolute atomic E-state index is 12.7. The van der Waals surface area contributed by atoms with Crippen LogP contribution in [0.4, 0.5) is 0 Å². The van der Waals surface area contributed by atoms with Gasteiger partial charge in [0.05, 0.1) is 27.7 Å². The van der Waals surface area contributed by atoms with Gasteiger partial charge in [0.15, 0.2) is 6.10 Å². The molecule has 0 aliphatic heterocycles. The van der Waals surface area contributed by atoms with Gasteiger partial charge in [0, 0.05) is 12.8 Å². The summed E-state index contributed by atoms with van der Waals surface area (Å²) in [7, 11) is 1.47. The molecule has 0 amide bonds. The van der Waals surface area contributed by atoms with Crippen molar-refractivity contribution in [3.8, 4) is 0 Å². The maximum Gasteiger partial charge on any atom is 0.472 e. The average Bonchev–Trinajstić information content (AvgIpc) is 3.15. The van der Waals surface area contributed by atoms with Crippen molar-refractivity contribution in [1.29, 1.82) is 0 Å². The average molecular weight is 815 g/mol. The SMILES string of the molecule is CCCCCCCC/C=C/CCCCCCCCCCCC(=O)OC[C@@H](COP(=O)(O)OCC[N+](C)(C)C)OC(=O)CCCCC/C=C/CCCCCCCC. The highest BCUT2D eigenvalue weighted by atomic mass is 31.2. The van der Waals surface area contributed by atoms with Gasteiger partial charge in [-0.05, 0) is 64.2 Å². The number of quaternary nitrogens is 1. The van der Waals surface area contributed by atoms with Crippen LogP contribution in [0.1, 0.15) is 206 Å². The number of ether oxygens (including phenoxy) is 2. The molecule has 1 unspecified atom stereocenters. The quantitative estimate of drug-likeness (QED) is 0.0213. The minimum Gasteiger partial charge on any atom is -0.462 e. The second-order valence-corrected chi connectivity index (χ2v) is 18.2. The third kappa shape index (κ3) is 42.1. The number of carbonyl (C=O) groups is 2. The molecular weight excluding hydrogens is 725 g/mol. The van der Waals surface area contributed by atoms with Gasteiger partial charge in [-0.1, -0.05) is 154 Å². The molecule has 56 heavy (non-hydrogen) atoms. The second kappa shape index (κ2) is 39.0. The number of nitrogens with zero attached hydrogens (tertiary/aromatic N) is 1. The number of unbranched alkanes of at least 4 members (excludes halogenated alkanes) is 24. The highest BCUT2D eigenvalue weighted by Gasteiger charge is 2.27. The Labute approximate surface area is 345 Å². The number of hydrogen-bond acceptors (Lipinski definition) is 7. The van der Waals surface area contributed by atoms with E-state index < -0.39 is 26.5 Å². The molecule has 0 radical (unpaired) electrons. The number of allylic oxidation sites excluding steroid dienone is 4. The van der Waals surface area contributed by atoms with Crippen molar-refractivity contribution in [3.63, 3.8) is 0 Å². The Balaban J connectivity index is 4.30. The second-order valence-electron chi connectivity index (χ2n) is 16.8. The summed E-state index contributed by atoms with van der Waals surface area (Å²) in [4.78, 5) is 35.4. The van der Waals surface area contributed by atoms with Crippen LogP contribution in [0.5, 0.6) is 0 Å². The first-order chi connectivity index (χ1) is 27.0. The fourth-order valence-corrected chi connectivity index (χ4v) is 7.04. The molecule has 0 heterocycles. The first-order valence-electron chi connectivity index (χ1n) is 23.1. The Kier molecular flexibility index (Phi) is 37.9. The number of phosphoric acid groups is 1. The van der Waals surface area contributed by atoms with Gasteiger partial charge >= 0.3 is 19.8 Å². The highest BCUT2D eigenvalue weighted by molar-refractivity contribution is 7.47. The lowest BCUT2D eigenvalue weighted by Crippen LogP contribution is -2.37. The van der Waals surface area contributed by atoms with E-state index >= 15 is 0 Å². The van der Waals surface area contributed by atoms with Crippen LogP contribution in [0.2, 0.25) is 0 Å². The molecule has 1 N–H and O–H groups in total. The lowest BCUT2D eigenvalue weighted by atomic mass is 10.1. The molecule has 0 saturated carbocycles. The molecule has 2 atom stereocenters. The fraction of sp³-hybridized carbons (Fsp3) is 0.870. The van der Waals surface area contributed by atoms with Crippen molar-refractivity contribution >= 4 is 19.8 Å². The zero-order chi connectivity index (χ0) is 41.4. The van der Waals surface area contributed by atoms with E-state index in [1.807, 2.05) is 21.1 Å². The van der Waals surface area contributed by atoms with E-state index in [2.05, 4.69) is 38.2 Å². The summed E-state index contributed by atoms with van der Waals surface area (Å²) in [6.45, 7) is 4.40. The molecule has 10 heteroatoms. The minimum atomic E-state index is -4.38. The van der Waals surface area contributed by atoms with E-state index in [0.29, 0.717) is 17.4 Å². The molecule has 0 aromatic rings. The van der Waals surface area contributed by atoms with Crippen LogP contribution in [-0.2, 0) is 32.7 Å². The number of phosphoric ester groups is 1. The van der Waals surface area contributed by atoms with Gasteiger partial charge in [-0.15, -0.1) is 0 Å². The molecule has 0 saturated heterocycles. The number of rotatable bonds is 42. The Morgan fingerprint density at radius 3 is 1.34 bits per heavy atom. The van der Waals surface area contributed by atoms with Crippen molar-refractivity contribution in [2.75, 3.05) is 47.5 Å². The van der Waals surface area contributed by atoms with Gasteiger partial charge in [-0.3, -0.25) is 18.6 Å². The fourth-order valence-electron chi connectivity index (χ4n) is 6.30. The van der Waals surface area contributed by atoms with Crippen molar-refractivity contribution in [2.24, 2.45) is 0 Å². The summed E-state index contributed by atoms with van der Waals surface area (Å²) in [5.74, 6) is -0.814. The van der Waals surface area contributed by atoms with Gasteiger partial charge < -0.3 is 18.9 Å². The lowest BCUT2D eigenvalue weighted by molar-refractivity contribution is -0.870. The highest BCUT2D eigenvalue weighted by Crippen LogP contribution is 2.43. The van der Waals surface area contributed by atoms with Crippen LogP contribution in [-0.4, -0.2) is 74.9 Å². The molecule has 0 aliphatic carbocycles. The summed E-state index contributed by atoms with van der Waals surface area (Å²) >= 11 is 0. The van der Waals surface area contributed by atoms with E-state index in [1.165, 1.54) is 128 Å². The minimum absolute atomic E-state index is 0.0300. The normalized spacial score (nSPS) is 13.8. The van der Waals surface area contributed by atoms with Crippen LogP contribution in [0.25, 0.3) is 0 Å². The van der Waals surface area contributed by atoms with E-state index in [1.54, 1.807) is 0 Å². The topological polar surface area (TPSA) is 108 Å². The number of hydrogen-bond donors (Lipinski definition) is 1. The molecule has 0 fully saturated rings. The largest absolute Gasteiger partial charge is 0.472 e. The predicted octanol–water partition coefficient (Wildman–Crippen LogP) is 13.1. The first kappa shape index (κ1) is 54.5. The number of carbonyl (C=O) groups excluding carboxylic acids is 2. The zero-order valence-electron chi connectivity index (χ0n) is 37.1. The summed E-state index contributed by atoms with van der Waals surface area (Å²) in [6.07, 6.45) is 42.2. The smallest absolute Gasteiger partial charge is 0.462 e. The van der Waals surface area contributed by atoms with Gasteiger partial charge in [0.2, 0.25) is 0 Å². The zero-order valence-corrected chi connectivity index (χ0v) is 38.0. The molecular formula is C46H89NO8P+. The lowest BCUT2D eigenvalue weighted by Gasteiger charge is -2.24. The van der Waals surface area contributed by atoms with Crippen molar-refractivity contribution in [3.05, 3.63) is 24.3 Å². The Bertz CT molecular complexity index is 1010. The van der Waals surface area contributed by atoms with Gasteiger partial charge in [-0.2, -0.15) is 0 Å². The van der Waals surface area contributed by atoms with Crippen LogP contribution in [0, 0.1) is 0 Å². The van der Waals surface area contributed by atoms with Gasteiger partial charge in [0.25, 0.3) is 0 Å². The van der Waals surface area contributed by atoms with E-state index in [4.69, 9.17) is 18.5 Å². The van der Waals surface area contributed by atoms with Crippen LogP contribution < -0.4 is 0 Å². The van der Waals surface area contributed by atoms with E-state index in [-0.39, 0.29) is 32.0 Å². The standard InChI is InChI=1S/C46H88NO8P/c1-6-8-10-12-14-16-18-20-21-22-23-24-25-27-28-30-32-34-36-38-45(48)52-42-44(43-54-56(50,51)53-41-40-47(3,4)5)55-46(49)39-37-35-33-31-29-26-19-17-15-13-11-9-7-2/h20-21,26,29,44H,6-19,22-25,27-28,30-43H2,1-5H3/p+1/b21-20+,29-26+/t44-/m0/s1. The monoisotopic (exact) mass is 815 g/mol. The van der Waals surface area contributed by atoms with Gasteiger partial charge in [0.1, 0.15) is 19.8 Å².